The monoisotopic (exact) mass is 311 g/mol. The van der Waals surface area contributed by atoms with Gasteiger partial charge in [0.05, 0.1) is 12.5 Å². The molecule has 0 bridgehead atoms. The minimum Gasteiger partial charge on any atom is -0.381 e. The highest BCUT2D eigenvalue weighted by Crippen LogP contribution is 2.25. The number of nitrogens with zero attached hydrogens (tertiary/aromatic N) is 1. The molecule has 2 N–H and O–H groups in total. The van der Waals surface area contributed by atoms with Crippen molar-refractivity contribution in [1.82, 2.24) is 15.5 Å². The van der Waals surface area contributed by atoms with Gasteiger partial charge < -0.3 is 20.3 Å². The van der Waals surface area contributed by atoms with Crippen LogP contribution >= 0.6 is 0 Å². The van der Waals surface area contributed by atoms with Gasteiger partial charge in [0.2, 0.25) is 5.91 Å². The smallest absolute Gasteiger partial charge is 0.317 e. The molecule has 3 amide bonds. The molecule has 0 radical (unpaired) electrons. The minimum absolute atomic E-state index is 0.0280. The highest BCUT2D eigenvalue weighted by molar-refractivity contribution is 5.81. The number of hydrogen-bond acceptors (Lipinski definition) is 3. The lowest BCUT2D eigenvalue weighted by molar-refractivity contribution is -0.126. The van der Waals surface area contributed by atoms with E-state index in [0.717, 1.165) is 58.4 Å². The van der Waals surface area contributed by atoms with Crippen molar-refractivity contribution < 1.29 is 14.3 Å². The third-order valence-corrected chi connectivity index (χ3v) is 4.79. The highest BCUT2D eigenvalue weighted by atomic mass is 16.5. The number of likely N-dealkylation sites (tertiary alicyclic amines) is 1. The van der Waals surface area contributed by atoms with Gasteiger partial charge in [-0.25, -0.2) is 4.79 Å². The van der Waals surface area contributed by atoms with Gasteiger partial charge in [0.15, 0.2) is 0 Å². The van der Waals surface area contributed by atoms with Crippen molar-refractivity contribution in [2.45, 2.75) is 45.1 Å². The Bertz CT molecular complexity index is 389. The normalized spacial score (nSPS) is 28.5. The van der Waals surface area contributed by atoms with E-state index in [2.05, 4.69) is 10.6 Å². The Morgan fingerprint density at radius 1 is 1.23 bits per heavy atom. The molecule has 2 rings (SSSR count). The third kappa shape index (κ3) is 4.35. The first-order chi connectivity index (χ1) is 10.7. The van der Waals surface area contributed by atoms with Crippen molar-refractivity contribution in [2.75, 3.05) is 33.4 Å². The molecule has 22 heavy (non-hydrogen) atoms. The molecule has 0 aromatic carbocycles. The summed E-state index contributed by atoms with van der Waals surface area (Å²) in [5.41, 5.74) is 0. The lowest BCUT2D eigenvalue weighted by atomic mass is 9.84. The molecule has 1 aliphatic carbocycles. The van der Waals surface area contributed by atoms with Crippen LogP contribution in [-0.4, -0.2) is 56.2 Å². The molecule has 6 heteroatoms. The van der Waals surface area contributed by atoms with Crippen molar-refractivity contribution in [2.24, 2.45) is 11.8 Å². The molecule has 0 unspecified atom stereocenters. The van der Waals surface area contributed by atoms with Crippen molar-refractivity contribution in [1.29, 1.82) is 0 Å². The van der Waals surface area contributed by atoms with Crippen LogP contribution in [0, 0.1) is 11.8 Å². The number of nitrogens with one attached hydrogen (secondary N) is 2. The minimum atomic E-state index is -0.0930. The van der Waals surface area contributed by atoms with E-state index >= 15 is 0 Å². The lowest BCUT2D eigenvalue weighted by Gasteiger charge is -2.32. The van der Waals surface area contributed by atoms with Crippen molar-refractivity contribution >= 4 is 11.9 Å². The molecule has 0 aromatic rings. The molecule has 1 saturated heterocycles. The van der Waals surface area contributed by atoms with Crippen LogP contribution in [0.25, 0.3) is 0 Å². The van der Waals surface area contributed by atoms with Gasteiger partial charge in [0.25, 0.3) is 0 Å². The molecule has 3 atom stereocenters. The summed E-state index contributed by atoms with van der Waals surface area (Å²) in [4.78, 5) is 26.2. The molecule has 0 aromatic heterocycles. The van der Waals surface area contributed by atoms with Crippen LogP contribution in [0.2, 0.25) is 0 Å². The second-order valence-corrected chi connectivity index (χ2v) is 6.32. The molecule has 1 saturated carbocycles. The Morgan fingerprint density at radius 2 is 2.00 bits per heavy atom. The SMILES string of the molecule is CCOC[C@@H]1CCN(C(=O)N[C@@H]2CCCC[C@@H]2C(=O)NC)C1. The number of hydrogen-bond donors (Lipinski definition) is 2. The third-order valence-electron chi connectivity index (χ3n) is 4.79. The van der Waals surface area contributed by atoms with E-state index in [1.807, 2.05) is 11.8 Å². The van der Waals surface area contributed by atoms with Crippen LogP contribution in [-0.2, 0) is 9.53 Å². The largest absolute Gasteiger partial charge is 0.381 e. The standard InChI is InChI=1S/C16H29N3O3/c1-3-22-11-12-8-9-19(10-12)16(21)18-14-7-5-4-6-13(14)15(20)17-2/h12-14H,3-11H2,1-2H3,(H,17,20)(H,18,21)/t12-,13+,14-/m1/s1. The van der Waals surface area contributed by atoms with Crippen molar-refractivity contribution in [3.05, 3.63) is 0 Å². The molecule has 1 aliphatic heterocycles. The van der Waals surface area contributed by atoms with Gasteiger partial charge >= 0.3 is 6.03 Å². The van der Waals surface area contributed by atoms with Gasteiger partial charge in [-0.3, -0.25) is 4.79 Å². The average molecular weight is 311 g/mol. The van der Waals surface area contributed by atoms with Crippen molar-refractivity contribution in [3.8, 4) is 0 Å². The van der Waals surface area contributed by atoms with Crippen LogP contribution < -0.4 is 10.6 Å². The number of rotatable bonds is 5. The highest BCUT2D eigenvalue weighted by Gasteiger charge is 2.34. The average Bonchev–Trinajstić information content (AvgIpc) is 3.01. The predicted molar refractivity (Wildman–Crippen MR) is 84.5 cm³/mol. The van der Waals surface area contributed by atoms with Crippen LogP contribution in [0.5, 0.6) is 0 Å². The first-order valence-electron chi connectivity index (χ1n) is 8.50. The fourth-order valence-electron chi connectivity index (χ4n) is 3.49. The number of carbonyl (C=O) groups is 2. The Kier molecular flexibility index (Phi) is 6.49. The zero-order chi connectivity index (χ0) is 15.9. The molecule has 126 valence electrons. The van der Waals surface area contributed by atoms with E-state index in [1.54, 1.807) is 7.05 Å². The van der Waals surface area contributed by atoms with E-state index in [9.17, 15) is 9.59 Å². The molecular weight excluding hydrogens is 282 g/mol. The second kappa shape index (κ2) is 8.36. The Labute approximate surface area is 132 Å². The van der Waals surface area contributed by atoms with E-state index in [-0.39, 0.29) is 23.9 Å². The number of amides is 3. The maximum absolute atomic E-state index is 12.4. The molecular formula is C16H29N3O3. The quantitative estimate of drug-likeness (QED) is 0.805. The molecule has 0 spiro atoms. The van der Waals surface area contributed by atoms with Gasteiger partial charge in [0, 0.05) is 38.7 Å². The van der Waals surface area contributed by atoms with E-state index < -0.39 is 0 Å². The van der Waals surface area contributed by atoms with E-state index in [1.165, 1.54) is 0 Å². The van der Waals surface area contributed by atoms with E-state index in [0.29, 0.717) is 5.92 Å². The fourth-order valence-corrected chi connectivity index (χ4v) is 3.49. The van der Waals surface area contributed by atoms with Crippen LogP contribution in [0.4, 0.5) is 4.79 Å². The summed E-state index contributed by atoms with van der Waals surface area (Å²) in [6.07, 6.45) is 4.88. The predicted octanol–water partition coefficient (Wildman–Crippen LogP) is 1.36. The zero-order valence-corrected chi connectivity index (χ0v) is 13.8. The number of urea groups is 1. The topological polar surface area (TPSA) is 70.7 Å². The fraction of sp³-hybridized carbons (Fsp3) is 0.875. The van der Waals surface area contributed by atoms with Crippen molar-refractivity contribution in [3.63, 3.8) is 0 Å². The summed E-state index contributed by atoms with van der Waals surface area (Å²) in [6, 6.07) is -0.0630. The molecule has 1 heterocycles. The van der Waals surface area contributed by atoms with Crippen LogP contribution in [0.15, 0.2) is 0 Å². The van der Waals surface area contributed by atoms with Crippen LogP contribution in [0.1, 0.15) is 39.0 Å². The lowest BCUT2D eigenvalue weighted by Crippen LogP contribution is -2.51. The summed E-state index contributed by atoms with van der Waals surface area (Å²) < 4.78 is 5.45. The molecule has 2 fully saturated rings. The zero-order valence-electron chi connectivity index (χ0n) is 13.8. The number of ether oxygens (including phenoxy) is 1. The summed E-state index contributed by atoms with van der Waals surface area (Å²) in [5.74, 6) is 0.386. The van der Waals surface area contributed by atoms with Crippen LogP contribution in [0.3, 0.4) is 0 Å². The summed E-state index contributed by atoms with van der Waals surface area (Å²) in [6.45, 7) is 4.97. The molecule has 2 aliphatic rings. The van der Waals surface area contributed by atoms with Gasteiger partial charge in [-0.2, -0.15) is 0 Å². The number of carbonyl (C=O) groups excluding carboxylic acids is 2. The van der Waals surface area contributed by atoms with Gasteiger partial charge in [-0.05, 0) is 26.2 Å². The Morgan fingerprint density at radius 3 is 2.73 bits per heavy atom. The summed E-state index contributed by atoms with van der Waals surface area (Å²) in [7, 11) is 1.66. The first kappa shape index (κ1) is 17.1. The molecule has 6 nitrogen and oxygen atoms in total. The summed E-state index contributed by atoms with van der Waals surface area (Å²) in [5, 5.41) is 5.81. The van der Waals surface area contributed by atoms with E-state index in [4.69, 9.17) is 4.74 Å². The maximum atomic E-state index is 12.4. The summed E-state index contributed by atoms with van der Waals surface area (Å²) >= 11 is 0. The Hall–Kier alpha value is -1.30. The Balaban J connectivity index is 1.84. The second-order valence-electron chi connectivity index (χ2n) is 6.32. The van der Waals surface area contributed by atoms with Gasteiger partial charge in [-0.1, -0.05) is 12.8 Å². The van der Waals surface area contributed by atoms with Gasteiger partial charge in [0.1, 0.15) is 0 Å². The maximum Gasteiger partial charge on any atom is 0.317 e. The van der Waals surface area contributed by atoms with Gasteiger partial charge in [-0.15, -0.1) is 0 Å². The first-order valence-corrected chi connectivity index (χ1v) is 8.50.